The number of pyridine rings is 1. The molecule has 1 fully saturated rings. The van der Waals surface area contributed by atoms with Gasteiger partial charge in [-0.05, 0) is 43.5 Å². The van der Waals surface area contributed by atoms with Crippen molar-refractivity contribution in [2.75, 3.05) is 11.4 Å². The maximum Gasteiger partial charge on any atom is 0.253 e. The number of anilines is 1. The van der Waals surface area contributed by atoms with Crippen LogP contribution >= 0.6 is 0 Å². The highest BCUT2D eigenvalue weighted by Gasteiger charge is 2.35. The van der Waals surface area contributed by atoms with E-state index in [0.29, 0.717) is 12.1 Å². The van der Waals surface area contributed by atoms with Crippen LogP contribution in [0, 0.1) is 19.8 Å². The van der Waals surface area contributed by atoms with Gasteiger partial charge >= 0.3 is 0 Å². The minimum absolute atomic E-state index is 0.0413. The Labute approximate surface area is 158 Å². The van der Waals surface area contributed by atoms with Gasteiger partial charge in [0.1, 0.15) is 0 Å². The van der Waals surface area contributed by atoms with Crippen LogP contribution < -0.4 is 15.8 Å². The van der Waals surface area contributed by atoms with Gasteiger partial charge < -0.3 is 15.2 Å². The van der Waals surface area contributed by atoms with Gasteiger partial charge in [-0.1, -0.05) is 25.1 Å². The van der Waals surface area contributed by atoms with Crippen LogP contribution in [-0.4, -0.2) is 23.3 Å². The molecular formula is C21H25N3O3. The van der Waals surface area contributed by atoms with E-state index in [1.54, 1.807) is 4.90 Å². The summed E-state index contributed by atoms with van der Waals surface area (Å²) in [5.74, 6) is -0.646. The Morgan fingerprint density at radius 1 is 1.26 bits per heavy atom. The molecule has 0 radical (unpaired) electrons. The van der Waals surface area contributed by atoms with Gasteiger partial charge in [0.2, 0.25) is 11.8 Å². The maximum atomic E-state index is 12.6. The van der Waals surface area contributed by atoms with E-state index in [2.05, 4.69) is 10.3 Å². The SMILES string of the molecule is CCc1ccccc1N1C[C@H](C(=O)NCc2c(C)cc(C)[nH]c2=O)CC1=O. The molecule has 0 bridgehead atoms. The number of aryl methyl sites for hydroxylation is 3. The van der Waals surface area contributed by atoms with Gasteiger partial charge in [0.25, 0.3) is 5.56 Å². The average Bonchev–Trinajstić information content (AvgIpc) is 3.02. The third-order valence-corrected chi connectivity index (χ3v) is 5.09. The van der Waals surface area contributed by atoms with Crippen molar-refractivity contribution in [2.45, 2.75) is 40.2 Å². The zero-order valence-corrected chi connectivity index (χ0v) is 16.0. The van der Waals surface area contributed by atoms with Gasteiger partial charge in [-0.25, -0.2) is 0 Å². The Morgan fingerprint density at radius 2 is 2.00 bits per heavy atom. The van der Waals surface area contributed by atoms with E-state index in [0.717, 1.165) is 28.9 Å². The summed E-state index contributed by atoms with van der Waals surface area (Å²) in [6.45, 7) is 6.25. The number of nitrogens with one attached hydrogen (secondary N) is 2. The summed E-state index contributed by atoms with van der Waals surface area (Å²) in [5, 5.41) is 2.83. The zero-order valence-electron chi connectivity index (χ0n) is 16.0. The highest BCUT2D eigenvalue weighted by molar-refractivity contribution is 6.00. The number of rotatable bonds is 5. The highest BCUT2D eigenvalue weighted by atomic mass is 16.2. The number of aromatic amines is 1. The Kier molecular flexibility index (Phi) is 5.44. The van der Waals surface area contributed by atoms with E-state index in [1.165, 1.54) is 0 Å². The molecule has 2 N–H and O–H groups in total. The maximum absolute atomic E-state index is 12.6. The molecule has 2 heterocycles. The molecule has 1 aliphatic heterocycles. The molecule has 1 aliphatic rings. The molecule has 0 unspecified atom stereocenters. The van der Waals surface area contributed by atoms with Crippen molar-refractivity contribution in [2.24, 2.45) is 5.92 Å². The van der Waals surface area contributed by atoms with Crippen LogP contribution in [0.25, 0.3) is 0 Å². The molecule has 142 valence electrons. The summed E-state index contributed by atoms with van der Waals surface area (Å²) in [7, 11) is 0. The van der Waals surface area contributed by atoms with Crippen LogP contribution in [0.4, 0.5) is 5.69 Å². The van der Waals surface area contributed by atoms with Gasteiger partial charge in [-0.15, -0.1) is 0 Å². The number of para-hydroxylation sites is 1. The van der Waals surface area contributed by atoms with Crippen molar-refractivity contribution in [1.29, 1.82) is 0 Å². The van der Waals surface area contributed by atoms with Crippen molar-refractivity contribution in [3.8, 4) is 0 Å². The number of hydrogen-bond donors (Lipinski definition) is 2. The Hall–Kier alpha value is -2.89. The Bertz CT molecular complexity index is 933. The summed E-state index contributed by atoms with van der Waals surface area (Å²) in [6, 6.07) is 9.66. The largest absolute Gasteiger partial charge is 0.351 e. The van der Waals surface area contributed by atoms with Crippen LogP contribution in [0.15, 0.2) is 35.1 Å². The molecule has 1 atom stereocenters. The monoisotopic (exact) mass is 367 g/mol. The van der Waals surface area contributed by atoms with Crippen molar-refractivity contribution in [3.63, 3.8) is 0 Å². The first kappa shape index (κ1) is 18.9. The lowest BCUT2D eigenvalue weighted by Crippen LogP contribution is -2.34. The van der Waals surface area contributed by atoms with Crippen LogP contribution in [0.5, 0.6) is 0 Å². The van der Waals surface area contributed by atoms with Gasteiger partial charge in [0.15, 0.2) is 0 Å². The van der Waals surface area contributed by atoms with E-state index >= 15 is 0 Å². The molecule has 2 amide bonds. The number of benzene rings is 1. The summed E-state index contributed by atoms with van der Waals surface area (Å²) >= 11 is 0. The summed E-state index contributed by atoms with van der Waals surface area (Å²) < 4.78 is 0. The number of hydrogen-bond acceptors (Lipinski definition) is 3. The molecule has 27 heavy (non-hydrogen) atoms. The lowest BCUT2D eigenvalue weighted by atomic mass is 10.1. The van der Waals surface area contributed by atoms with E-state index in [-0.39, 0.29) is 30.3 Å². The Balaban J connectivity index is 1.69. The zero-order chi connectivity index (χ0) is 19.6. The standard InChI is InChI=1S/C21H25N3O3/c1-4-15-7-5-6-8-18(15)24-12-16(10-19(24)25)20(26)22-11-17-13(2)9-14(3)23-21(17)27/h5-9,16H,4,10-12H2,1-3H3,(H,22,26)(H,23,27)/t16-/m1/s1. The van der Waals surface area contributed by atoms with Crippen LogP contribution in [0.1, 0.15) is 35.7 Å². The first-order valence-corrected chi connectivity index (χ1v) is 9.26. The topological polar surface area (TPSA) is 82.3 Å². The molecule has 2 aromatic rings. The molecule has 0 aliphatic carbocycles. The number of H-pyrrole nitrogens is 1. The second-order valence-corrected chi connectivity index (χ2v) is 7.05. The number of carbonyl (C=O) groups excluding carboxylic acids is 2. The first-order valence-electron chi connectivity index (χ1n) is 9.26. The summed E-state index contributed by atoms with van der Waals surface area (Å²) in [5.41, 5.74) is 3.97. The van der Waals surface area contributed by atoms with E-state index in [1.807, 2.05) is 51.1 Å². The number of nitrogens with zero attached hydrogens (tertiary/aromatic N) is 1. The molecule has 1 aromatic carbocycles. The minimum atomic E-state index is -0.410. The third-order valence-electron chi connectivity index (χ3n) is 5.09. The number of carbonyl (C=O) groups is 2. The second kappa shape index (κ2) is 7.78. The Morgan fingerprint density at radius 3 is 2.70 bits per heavy atom. The molecule has 1 aromatic heterocycles. The fourth-order valence-electron chi connectivity index (χ4n) is 3.61. The van der Waals surface area contributed by atoms with Crippen LogP contribution in [0.3, 0.4) is 0 Å². The average molecular weight is 367 g/mol. The molecule has 6 heteroatoms. The normalized spacial score (nSPS) is 16.6. The van der Waals surface area contributed by atoms with E-state index in [4.69, 9.17) is 0 Å². The van der Waals surface area contributed by atoms with Crippen molar-refractivity contribution >= 4 is 17.5 Å². The quantitative estimate of drug-likeness (QED) is 0.850. The van der Waals surface area contributed by atoms with Gasteiger partial charge in [0, 0.05) is 36.5 Å². The number of amides is 2. The fourth-order valence-corrected chi connectivity index (χ4v) is 3.61. The predicted molar refractivity (Wildman–Crippen MR) is 105 cm³/mol. The van der Waals surface area contributed by atoms with Crippen LogP contribution in [0.2, 0.25) is 0 Å². The predicted octanol–water partition coefficient (Wildman–Crippen LogP) is 2.22. The summed E-state index contributed by atoms with van der Waals surface area (Å²) in [6.07, 6.45) is 1.01. The second-order valence-electron chi connectivity index (χ2n) is 7.05. The lowest BCUT2D eigenvalue weighted by molar-refractivity contribution is -0.126. The molecule has 3 rings (SSSR count). The van der Waals surface area contributed by atoms with Crippen molar-refractivity contribution < 1.29 is 9.59 Å². The van der Waals surface area contributed by atoms with Crippen LogP contribution in [-0.2, 0) is 22.6 Å². The molecule has 1 saturated heterocycles. The van der Waals surface area contributed by atoms with E-state index < -0.39 is 5.92 Å². The van der Waals surface area contributed by atoms with Crippen molar-refractivity contribution in [1.82, 2.24) is 10.3 Å². The lowest BCUT2D eigenvalue weighted by Gasteiger charge is -2.20. The van der Waals surface area contributed by atoms with Gasteiger partial charge in [-0.3, -0.25) is 14.4 Å². The van der Waals surface area contributed by atoms with Gasteiger partial charge in [0.05, 0.1) is 5.92 Å². The third kappa shape index (κ3) is 3.94. The minimum Gasteiger partial charge on any atom is -0.351 e. The molecular weight excluding hydrogens is 342 g/mol. The molecule has 0 saturated carbocycles. The van der Waals surface area contributed by atoms with Gasteiger partial charge in [-0.2, -0.15) is 0 Å². The molecule has 0 spiro atoms. The van der Waals surface area contributed by atoms with E-state index in [9.17, 15) is 14.4 Å². The summed E-state index contributed by atoms with van der Waals surface area (Å²) in [4.78, 5) is 41.6. The highest BCUT2D eigenvalue weighted by Crippen LogP contribution is 2.28. The fraction of sp³-hybridized carbons (Fsp3) is 0.381. The number of aromatic nitrogens is 1. The first-order chi connectivity index (χ1) is 12.9. The smallest absolute Gasteiger partial charge is 0.253 e. The van der Waals surface area contributed by atoms with Crippen molar-refractivity contribution in [3.05, 3.63) is 63.1 Å². The molecule has 6 nitrogen and oxygen atoms in total.